The molecular weight excluding hydrogens is 388 g/mol. The van der Waals surface area contributed by atoms with Crippen LogP contribution in [0.1, 0.15) is 10.5 Å². The molecular formula is C18H11F2N5O2S. The number of pyridine rings is 1. The number of amides is 1. The first-order chi connectivity index (χ1) is 13.6. The van der Waals surface area contributed by atoms with Gasteiger partial charge < -0.3 is 15.2 Å². The summed E-state index contributed by atoms with van der Waals surface area (Å²) in [5.74, 6) is -1.20. The number of carbonyl (C=O) groups excluding carboxylic acids is 1. The third kappa shape index (κ3) is 4.01. The predicted molar refractivity (Wildman–Crippen MR) is 99.4 cm³/mol. The summed E-state index contributed by atoms with van der Waals surface area (Å²) in [6.45, 7) is 0. The fourth-order valence-corrected chi connectivity index (χ4v) is 3.03. The van der Waals surface area contributed by atoms with E-state index in [0.717, 1.165) is 18.2 Å². The summed E-state index contributed by atoms with van der Waals surface area (Å²) in [6.07, 6.45) is 1.55. The topological polar surface area (TPSA) is 92.9 Å². The Morgan fingerprint density at radius 1 is 1.11 bits per heavy atom. The smallest absolute Gasteiger partial charge is 0.279 e. The van der Waals surface area contributed by atoms with E-state index < -0.39 is 17.5 Å². The van der Waals surface area contributed by atoms with Gasteiger partial charge in [0.25, 0.3) is 5.91 Å². The molecule has 0 spiro atoms. The Hall–Kier alpha value is -3.66. The molecule has 0 aliphatic heterocycles. The number of benzene rings is 1. The maximum atomic E-state index is 13.3. The van der Waals surface area contributed by atoms with Gasteiger partial charge in [-0.1, -0.05) is 11.2 Å². The number of hydrogen-bond donors (Lipinski definition) is 2. The Morgan fingerprint density at radius 2 is 1.93 bits per heavy atom. The molecule has 10 heteroatoms. The number of anilines is 3. The number of carbonyl (C=O) groups is 1. The molecule has 0 atom stereocenters. The second kappa shape index (κ2) is 7.53. The molecule has 0 aliphatic rings. The van der Waals surface area contributed by atoms with Gasteiger partial charge in [-0.15, -0.1) is 11.3 Å². The van der Waals surface area contributed by atoms with Gasteiger partial charge in [-0.05, 0) is 24.3 Å². The minimum atomic E-state index is -0.696. The molecule has 140 valence electrons. The molecule has 4 aromatic rings. The van der Waals surface area contributed by atoms with Gasteiger partial charge >= 0.3 is 0 Å². The van der Waals surface area contributed by atoms with Crippen LogP contribution in [-0.4, -0.2) is 21.0 Å². The highest BCUT2D eigenvalue weighted by Crippen LogP contribution is 2.28. The van der Waals surface area contributed by atoms with Crippen LogP contribution in [0.4, 0.5) is 25.4 Å². The summed E-state index contributed by atoms with van der Waals surface area (Å²) < 4.78 is 31.7. The molecule has 28 heavy (non-hydrogen) atoms. The Morgan fingerprint density at radius 3 is 2.68 bits per heavy atom. The van der Waals surface area contributed by atoms with Gasteiger partial charge in [-0.3, -0.25) is 4.79 Å². The van der Waals surface area contributed by atoms with Gasteiger partial charge in [-0.25, -0.2) is 18.7 Å². The van der Waals surface area contributed by atoms with E-state index in [4.69, 9.17) is 4.52 Å². The van der Waals surface area contributed by atoms with Crippen molar-refractivity contribution in [3.05, 3.63) is 71.4 Å². The number of halogens is 2. The van der Waals surface area contributed by atoms with Gasteiger partial charge in [-0.2, -0.15) is 0 Å². The van der Waals surface area contributed by atoms with Crippen molar-refractivity contribution in [1.82, 2.24) is 15.1 Å². The Kier molecular flexibility index (Phi) is 4.77. The van der Waals surface area contributed by atoms with Crippen molar-refractivity contribution in [3.8, 4) is 11.5 Å². The molecule has 0 bridgehead atoms. The molecule has 3 heterocycles. The molecule has 3 aromatic heterocycles. The van der Waals surface area contributed by atoms with E-state index in [9.17, 15) is 13.6 Å². The van der Waals surface area contributed by atoms with Crippen LogP contribution in [0.3, 0.4) is 0 Å². The summed E-state index contributed by atoms with van der Waals surface area (Å²) in [7, 11) is 0. The minimum Gasteiger partial charge on any atom is -0.354 e. The van der Waals surface area contributed by atoms with Crippen LogP contribution in [0.5, 0.6) is 0 Å². The summed E-state index contributed by atoms with van der Waals surface area (Å²) in [5.41, 5.74) is 0.718. The quantitative estimate of drug-likeness (QED) is 0.514. The van der Waals surface area contributed by atoms with E-state index >= 15 is 0 Å². The lowest BCUT2D eigenvalue weighted by atomic mass is 10.3. The van der Waals surface area contributed by atoms with Crippen LogP contribution in [0.25, 0.3) is 11.5 Å². The van der Waals surface area contributed by atoms with Crippen LogP contribution in [-0.2, 0) is 0 Å². The molecule has 0 saturated carbocycles. The molecule has 2 N–H and O–H groups in total. The first-order valence-corrected chi connectivity index (χ1v) is 8.83. The van der Waals surface area contributed by atoms with E-state index in [1.807, 2.05) is 0 Å². The highest BCUT2D eigenvalue weighted by Gasteiger charge is 2.16. The van der Waals surface area contributed by atoms with E-state index in [2.05, 4.69) is 25.8 Å². The predicted octanol–water partition coefficient (Wildman–Crippen LogP) is 4.47. The van der Waals surface area contributed by atoms with E-state index in [-0.39, 0.29) is 17.1 Å². The standard InChI is InChI=1S/C18H11F2N5O2S/c19-10-5-11(20)7-12(6-10)22-18-23-14(9-28-18)15-8-13(25-27-15)17(26)24-16-3-1-2-4-21-16/h1-9H,(H,22,23)(H,21,24,26). The Bertz CT molecular complexity index is 1110. The molecule has 0 fully saturated rings. The van der Waals surface area contributed by atoms with Crippen molar-refractivity contribution in [2.24, 2.45) is 0 Å². The molecule has 7 nitrogen and oxygen atoms in total. The zero-order valence-corrected chi connectivity index (χ0v) is 14.8. The van der Waals surface area contributed by atoms with Crippen LogP contribution < -0.4 is 10.6 Å². The maximum absolute atomic E-state index is 13.3. The fourth-order valence-electron chi connectivity index (χ4n) is 2.31. The number of thiazole rings is 1. The minimum absolute atomic E-state index is 0.0652. The van der Waals surface area contributed by atoms with Crippen molar-refractivity contribution >= 4 is 33.9 Å². The normalized spacial score (nSPS) is 10.6. The Balaban J connectivity index is 1.48. The lowest BCUT2D eigenvalue weighted by molar-refractivity contribution is 0.101. The number of nitrogens with one attached hydrogen (secondary N) is 2. The second-order valence-corrected chi connectivity index (χ2v) is 6.42. The van der Waals surface area contributed by atoms with E-state index in [1.54, 1.807) is 29.8 Å². The molecule has 1 aromatic carbocycles. The van der Waals surface area contributed by atoms with Gasteiger partial charge in [0.05, 0.1) is 0 Å². The summed E-state index contributed by atoms with van der Waals surface area (Å²) in [5, 5.41) is 11.2. The SMILES string of the molecule is O=C(Nc1ccccn1)c1cc(-c2csc(Nc3cc(F)cc(F)c3)n2)on1. The number of hydrogen-bond acceptors (Lipinski definition) is 7. The van der Waals surface area contributed by atoms with Gasteiger partial charge in [0.15, 0.2) is 16.6 Å². The molecule has 0 saturated heterocycles. The molecule has 0 unspecified atom stereocenters. The van der Waals surface area contributed by atoms with Gasteiger partial charge in [0.1, 0.15) is 23.1 Å². The first kappa shape index (κ1) is 17.7. The van der Waals surface area contributed by atoms with Crippen LogP contribution in [0.15, 0.2) is 58.6 Å². The average molecular weight is 399 g/mol. The maximum Gasteiger partial charge on any atom is 0.279 e. The molecule has 1 amide bonds. The van der Waals surface area contributed by atoms with Crippen LogP contribution in [0, 0.1) is 11.6 Å². The van der Waals surface area contributed by atoms with E-state index in [1.165, 1.54) is 17.4 Å². The number of nitrogens with zero attached hydrogens (tertiary/aromatic N) is 3. The van der Waals surface area contributed by atoms with Crippen molar-refractivity contribution in [2.45, 2.75) is 0 Å². The fraction of sp³-hybridized carbons (Fsp3) is 0. The second-order valence-electron chi connectivity index (χ2n) is 5.57. The number of rotatable bonds is 5. The zero-order valence-electron chi connectivity index (χ0n) is 14.0. The highest BCUT2D eigenvalue weighted by atomic mass is 32.1. The van der Waals surface area contributed by atoms with Crippen molar-refractivity contribution in [3.63, 3.8) is 0 Å². The summed E-state index contributed by atoms with van der Waals surface area (Å²) in [6, 6.07) is 9.65. The lowest BCUT2D eigenvalue weighted by Gasteiger charge is -2.02. The largest absolute Gasteiger partial charge is 0.354 e. The number of aromatic nitrogens is 3. The highest BCUT2D eigenvalue weighted by molar-refractivity contribution is 7.14. The average Bonchev–Trinajstić information content (AvgIpc) is 3.31. The third-order valence-electron chi connectivity index (χ3n) is 3.52. The van der Waals surface area contributed by atoms with Crippen LogP contribution >= 0.6 is 11.3 Å². The molecule has 0 radical (unpaired) electrons. The van der Waals surface area contributed by atoms with Crippen molar-refractivity contribution in [1.29, 1.82) is 0 Å². The zero-order chi connectivity index (χ0) is 19.5. The van der Waals surface area contributed by atoms with Crippen molar-refractivity contribution in [2.75, 3.05) is 10.6 Å². The molecule has 4 rings (SSSR count). The van der Waals surface area contributed by atoms with Gasteiger partial charge in [0.2, 0.25) is 0 Å². The van der Waals surface area contributed by atoms with Crippen molar-refractivity contribution < 1.29 is 18.1 Å². The third-order valence-corrected chi connectivity index (χ3v) is 4.28. The Labute approximate surface area is 161 Å². The van der Waals surface area contributed by atoms with Gasteiger partial charge in [0, 0.05) is 29.4 Å². The summed E-state index contributed by atoms with van der Waals surface area (Å²) in [4.78, 5) is 20.5. The monoisotopic (exact) mass is 399 g/mol. The first-order valence-electron chi connectivity index (χ1n) is 7.95. The van der Waals surface area contributed by atoms with E-state index in [0.29, 0.717) is 16.6 Å². The van der Waals surface area contributed by atoms with Crippen LogP contribution in [0.2, 0.25) is 0 Å². The summed E-state index contributed by atoms with van der Waals surface area (Å²) >= 11 is 1.21. The molecule has 0 aliphatic carbocycles. The lowest BCUT2D eigenvalue weighted by Crippen LogP contribution is -2.12.